The van der Waals surface area contributed by atoms with E-state index < -0.39 is 36.4 Å². The molecule has 0 aliphatic heterocycles. The van der Waals surface area contributed by atoms with Gasteiger partial charge in [-0.05, 0) is 38.6 Å². The Balaban J connectivity index is 0.000000543. The minimum Gasteiger partial charge on any atom is -0.492 e. The number of hydrogen-bond donors (Lipinski definition) is 7. The second-order valence-electron chi connectivity index (χ2n) is 5.73. The van der Waals surface area contributed by atoms with Gasteiger partial charge in [0, 0.05) is 6.20 Å². The minimum absolute atomic E-state index is 0.675. The maximum atomic E-state index is 10.1. The summed E-state index contributed by atoms with van der Waals surface area (Å²) in [5, 5.41) is 54.5. The smallest absolute Gasteiger partial charge is 0.335 e. The number of nitrogens with zero attached hydrogens (tertiary/aromatic N) is 1. The lowest BCUT2D eigenvalue weighted by molar-refractivity contribution is -0.172. The van der Waals surface area contributed by atoms with Crippen LogP contribution < -0.4 is 10.1 Å². The third kappa shape index (κ3) is 10.5. The maximum Gasteiger partial charge on any atom is 0.335 e. The van der Waals surface area contributed by atoms with Crippen molar-refractivity contribution >= 4 is 18.0 Å². The van der Waals surface area contributed by atoms with E-state index in [1.54, 1.807) is 6.20 Å². The Hall–Kier alpha value is -2.57. The van der Waals surface area contributed by atoms with Crippen molar-refractivity contribution in [3.8, 4) is 5.75 Å². The van der Waals surface area contributed by atoms with E-state index in [2.05, 4.69) is 22.5 Å². The lowest BCUT2D eigenvalue weighted by Gasteiger charge is -2.21. The summed E-state index contributed by atoms with van der Waals surface area (Å²) in [7, 11) is 1.95. The monoisotopic (exact) mass is 416 g/mol. The molecule has 1 aromatic rings. The number of aliphatic carboxylic acids is 2. The van der Waals surface area contributed by atoms with E-state index in [9.17, 15) is 9.59 Å². The van der Waals surface area contributed by atoms with Crippen LogP contribution in [0, 0.1) is 0 Å². The van der Waals surface area contributed by atoms with Crippen LogP contribution in [0.5, 0.6) is 5.75 Å². The predicted molar refractivity (Wildman–Crippen MR) is 102 cm³/mol. The molecule has 0 fully saturated rings. The van der Waals surface area contributed by atoms with Gasteiger partial charge in [-0.3, -0.25) is 4.98 Å². The maximum absolute atomic E-state index is 10.1. The number of carboxylic acid groups (broad SMARTS) is 2. The fourth-order valence-corrected chi connectivity index (χ4v) is 1.89. The normalized spacial score (nSPS) is 15.0. The van der Waals surface area contributed by atoms with Gasteiger partial charge < -0.3 is 40.7 Å². The first-order valence-electron chi connectivity index (χ1n) is 8.72. The summed E-state index contributed by atoms with van der Waals surface area (Å²) in [6.07, 6.45) is -0.506. The van der Waals surface area contributed by atoms with Crippen LogP contribution in [-0.4, -0.2) is 92.2 Å². The summed E-state index contributed by atoms with van der Waals surface area (Å²) >= 11 is 0. The number of carbonyl (C=O) groups is 2. The van der Waals surface area contributed by atoms with Crippen molar-refractivity contribution in [3.63, 3.8) is 0 Å². The zero-order valence-electron chi connectivity index (χ0n) is 16.2. The topological polar surface area (TPSA) is 190 Å². The molecule has 1 aromatic heterocycles. The van der Waals surface area contributed by atoms with Crippen LogP contribution in [0.25, 0.3) is 6.08 Å². The molecule has 11 heteroatoms. The number of aliphatic hydroxyl groups excluding tert-OH is 4. The Labute approximate surface area is 167 Å². The molecular weight excluding hydrogens is 388 g/mol. The van der Waals surface area contributed by atoms with E-state index in [0.717, 1.165) is 24.3 Å². The van der Waals surface area contributed by atoms with Crippen LogP contribution in [0.2, 0.25) is 0 Å². The third-order valence-electron chi connectivity index (χ3n) is 3.42. The van der Waals surface area contributed by atoms with Gasteiger partial charge in [-0.1, -0.05) is 12.2 Å². The zero-order valence-corrected chi connectivity index (χ0v) is 16.2. The molecule has 0 amide bonds. The molecule has 0 aromatic carbocycles. The van der Waals surface area contributed by atoms with Crippen LogP contribution >= 0.6 is 0 Å². The van der Waals surface area contributed by atoms with Gasteiger partial charge in [0.25, 0.3) is 0 Å². The van der Waals surface area contributed by atoms with Crippen molar-refractivity contribution in [2.24, 2.45) is 0 Å². The van der Waals surface area contributed by atoms with E-state index in [-0.39, 0.29) is 0 Å². The fraction of sp³-hybridized carbons (Fsp3) is 0.500. The van der Waals surface area contributed by atoms with E-state index >= 15 is 0 Å². The number of hydrogen-bond acceptors (Lipinski definition) is 9. The molecule has 0 aliphatic carbocycles. The van der Waals surface area contributed by atoms with Crippen LogP contribution in [0.1, 0.15) is 18.9 Å². The Morgan fingerprint density at radius 2 is 1.66 bits per heavy atom. The quantitative estimate of drug-likeness (QED) is 0.212. The van der Waals surface area contributed by atoms with Crippen molar-refractivity contribution < 1.29 is 45.0 Å². The molecule has 7 N–H and O–H groups in total. The number of aliphatic hydroxyl groups is 4. The van der Waals surface area contributed by atoms with Gasteiger partial charge in [-0.2, -0.15) is 0 Å². The average molecular weight is 416 g/mol. The minimum atomic E-state index is -2.36. The lowest BCUT2D eigenvalue weighted by atomic mass is 10.0. The number of nitrogens with one attached hydrogen (secondary N) is 1. The van der Waals surface area contributed by atoms with Crippen molar-refractivity contribution in [2.45, 2.75) is 37.8 Å². The average Bonchev–Trinajstić information content (AvgIpc) is 2.70. The Kier molecular flexibility index (Phi) is 13.2. The summed E-state index contributed by atoms with van der Waals surface area (Å²) in [5.41, 5.74) is 1.08. The Bertz CT molecular complexity index is 630. The molecule has 1 rings (SSSR count). The fourth-order valence-electron chi connectivity index (χ4n) is 1.89. The molecule has 0 unspecified atom stereocenters. The van der Waals surface area contributed by atoms with Gasteiger partial charge in [0.15, 0.2) is 12.2 Å². The van der Waals surface area contributed by atoms with Crippen LogP contribution in [0.3, 0.4) is 0 Å². The summed E-state index contributed by atoms with van der Waals surface area (Å²) < 4.78 is 5.37. The Morgan fingerprint density at radius 3 is 2.10 bits per heavy atom. The van der Waals surface area contributed by atoms with E-state index in [1.807, 2.05) is 26.2 Å². The summed E-state index contributed by atoms with van der Waals surface area (Å²) in [6.45, 7) is 3.64. The highest BCUT2D eigenvalue weighted by atomic mass is 16.5. The van der Waals surface area contributed by atoms with Gasteiger partial charge in [-0.25, -0.2) is 9.59 Å². The van der Waals surface area contributed by atoms with Crippen LogP contribution in [0.15, 0.2) is 24.5 Å². The molecule has 0 saturated heterocycles. The van der Waals surface area contributed by atoms with Gasteiger partial charge in [-0.15, -0.1) is 0 Å². The lowest BCUT2D eigenvalue weighted by Crippen LogP contribution is -2.49. The molecular formula is C18H28N2O9. The van der Waals surface area contributed by atoms with Crippen molar-refractivity contribution in [3.05, 3.63) is 30.1 Å². The summed E-state index contributed by atoms with van der Waals surface area (Å²) in [6, 6.07) is 1.99. The van der Waals surface area contributed by atoms with Gasteiger partial charge in [0.05, 0.1) is 12.8 Å². The summed E-state index contributed by atoms with van der Waals surface area (Å²) in [5.74, 6) is -2.85. The molecule has 164 valence electrons. The van der Waals surface area contributed by atoms with E-state index in [4.69, 9.17) is 35.4 Å². The highest BCUT2D eigenvalue weighted by Gasteiger charge is 2.37. The largest absolute Gasteiger partial charge is 0.492 e. The van der Waals surface area contributed by atoms with Crippen molar-refractivity contribution in [2.75, 3.05) is 20.2 Å². The first-order valence-corrected chi connectivity index (χ1v) is 8.72. The predicted octanol–water partition coefficient (Wildman–Crippen LogP) is -1.30. The number of carboxylic acids is 2. The third-order valence-corrected chi connectivity index (χ3v) is 3.42. The molecule has 0 saturated carbocycles. The van der Waals surface area contributed by atoms with E-state index in [1.165, 1.54) is 0 Å². The van der Waals surface area contributed by atoms with Gasteiger partial charge in [0.1, 0.15) is 18.0 Å². The Morgan fingerprint density at radius 1 is 1.10 bits per heavy atom. The molecule has 11 nitrogen and oxygen atoms in total. The molecule has 0 spiro atoms. The first-order chi connectivity index (χ1) is 13.6. The molecule has 4 atom stereocenters. The first kappa shape index (κ1) is 26.4. The second-order valence-corrected chi connectivity index (χ2v) is 5.73. The number of rotatable bonds is 11. The van der Waals surface area contributed by atoms with Crippen molar-refractivity contribution in [1.29, 1.82) is 0 Å². The molecule has 1 heterocycles. The van der Waals surface area contributed by atoms with Gasteiger partial charge >= 0.3 is 11.9 Å². The highest BCUT2D eigenvalue weighted by Crippen LogP contribution is 2.12. The highest BCUT2D eigenvalue weighted by molar-refractivity contribution is 5.75. The van der Waals surface area contributed by atoms with E-state index in [0.29, 0.717) is 6.61 Å². The van der Waals surface area contributed by atoms with Gasteiger partial charge in [0.2, 0.25) is 0 Å². The number of ether oxygens (including phenoxy) is 1. The molecule has 0 radical (unpaired) electrons. The number of aromatic nitrogens is 1. The SMILES string of the molecule is CCOc1cncc(/C=C/CCNC)c1.O=C(O)[C@@H](O)[C@H](O)[C@H](O)[C@@H](O)C(=O)O. The molecule has 0 bridgehead atoms. The standard InChI is InChI=1S/C12H18N2O.C6H10O8/c1-3-15-12-8-11(9-14-10-12)6-4-5-7-13-2;7-1(3(9)5(11)12)2(8)4(10)6(13)14/h4,6,8-10,13H,3,5,7H2,1-2H3;1-4,7-10H,(H,11,12)(H,13,14)/b6-4+;/t;1-,2+,3+,4-. The second kappa shape index (κ2) is 14.4. The molecule has 29 heavy (non-hydrogen) atoms. The van der Waals surface area contributed by atoms with Crippen LogP contribution in [-0.2, 0) is 9.59 Å². The summed E-state index contributed by atoms with van der Waals surface area (Å²) in [4.78, 5) is 24.3. The zero-order chi connectivity index (χ0) is 22.4. The molecule has 0 aliphatic rings. The van der Waals surface area contributed by atoms with Crippen LogP contribution in [0.4, 0.5) is 0 Å². The van der Waals surface area contributed by atoms with Crippen molar-refractivity contribution in [1.82, 2.24) is 10.3 Å². The number of pyridine rings is 1.